The number of aromatic carboxylic acids is 1. The molecule has 9 heteroatoms. The first kappa shape index (κ1) is 32.5. The van der Waals surface area contributed by atoms with Crippen molar-refractivity contribution in [1.29, 1.82) is 0 Å². The van der Waals surface area contributed by atoms with E-state index in [-0.39, 0.29) is 17.2 Å². The van der Waals surface area contributed by atoms with E-state index >= 15 is 0 Å². The minimum Gasteiger partial charge on any atom is -0.478 e. The van der Waals surface area contributed by atoms with Crippen LogP contribution in [0.2, 0.25) is 0 Å². The summed E-state index contributed by atoms with van der Waals surface area (Å²) in [5.41, 5.74) is 4.48. The molecule has 0 spiro atoms. The minimum atomic E-state index is -1.04. The number of carboxylic acid groups (broad SMARTS) is 1. The van der Waals surface area contributed by atoms with Crippen LogP contribution in [0, 0.1) is 0 Å². The number of carboxylic acids is 1. The van der Waals surface area contributed by atoms with Crippen LogP contribution in [0.3, 0.4) is 0 Å². The fourth-order valence-electron chi connectivity index (χ4n) is 4.52. The third-order valence-corrected chi connectivity index (χ3v) is 8.16. The third-order valence-electron chi connectivity index (χ3n) is 7.05. The fourth-order valence-corrected chi connectivity index (χ4v) is 5.39. The van der Waals surface area contributed by atoms with Crippen molar-refractivity contribution in [2.75, 3.05) is 10.6 Å². The number of rotatable bonds is 11. The zero-order chi connectivity index (χ0) is 33.2. The van der Waals surface area contributed by atoms with E-state index in [1.54, 1.807) is 73.7 Å². The summed E-state index contributed by atoms with van der Waals surface area (Å²) in [6.45, 7) is 1.76. The molecule has 0 aliphatic carbocycles. The summed E-state index contributed by atoms with van der Waals surface area (Å²) < 4.78 is 0. The Morgan fingerprint density at radius 2 is 1.19 bits per heavy atom. The molecule has 0 aliphatic heterocycles. The highest BCUT2D eigenvalue weighted by atomic mass is 32.2. The molecule has 1 atom stereocenters. The third kappa shape index (κ3) is 9.06. The highest BCUT2D eigenvalue weighted by Crippen LogP contribution is 2.26. The number of benzene rings is 5. The first-order valence-corrected chi connectivity index (χ1v) is 15.6. The van der Waals surface area contributed by atoms with Gasteiger partial charge in [0.2, 0.25) is 5.91 Å². The standard InChI is InChI=1S/C38H31N3O5S/c1-25(35(42)39-31-18-16-30(17-19-31)38(45)46)47-33-22-20-32(21-23-33)40-37(44)34(41-36(43)29-10-6-3-7-11-29)24-26-12-14-28(15-13-26)27-8-4-2-5-9-27/h2-25H,1H3,(H,39,42)(H,40,44)(H,41,43)(H,45,46)/b34-24-. The van der Waals surface area contributed by atoms with Crippen LogP contribution in [0.5, 0.6) is 0 Å². The number of nitrogens with one attached hydrogen (secondary N) is 3. The molecular weight excluding hydrogens is 611 g/mol. The van der Waals surface area contributed by atoms with Crippen molar-refractivity contribution in [3.05, 3.63) is 156 Å². The van der Waals surface area contributed by atoms with Gasteiger partial charge in [0.15, 0.2) is 0 Å². The lowest BCUT2D eigenvalue weighted by Gasteiger charge is -2.14. The average molecular weight is 642 g/mol. The van der Waals surface area contributed by atoms with Gasteiger partial charge in [-0.2, -0.15) is 0 Å². The summed E-state index contributed by atoms with van der Waals surface area (Å²) >= 11 is 1.33. The molecule has 3 amide bonds. The van der Waals surface area contributed by atoms with Crippen molar-refractivity contribution in [3.63, 3.8) is 0 Å². The van der Waals surface area contributed by atoms with Crippen molar-refractivity contribution in [1.82, 2.24) is 5.32 Å². The van der Waals surface area contributed by atoms with Crippen LogP contribution in [-0.4, -0.2) is 34.0 Å². The van der Waals surface area contributed by atoms with Crippen LogP contribution >= 0.6 is 11.8 Å². The normalized spacial score (nSPS) is 11.6. The van der Waals surface area contributed by atoms with E-state index < -0.39 is 23.0 Å². The minimum absolute atomic E-state index is 0.0754. The lowest BCUT2D eigenvalue weighted by molar-refractivity contribution is -0.115. The molecule has 8 nitrogen and oxygen atoms in total. The Morgan fingerprint density at radius 1 is 0.638 bits per heavy atom. The SMILES string of the molecule is CC(Sc1ccc(NC(=O)/C(=C/c2ccc(-c3ccccc3)cc2)NC(=O)c2ccccc2)cc1)C(=O)Nc1ccc(C(=O)O)cc1. The van der Waals surface area contributed by atoms with Gasteiger partial charge < -0.3 is 21.1 Å². The van der Waals surface area contributed by atoms with Crippen LogP contribution in [0.1, 0.15) is 33.2 Å². The molecule has 234 valence electrons. The Hall–Kier alpha value is -5.93. The summed E-state index contributed by atoms with van der Waals surface area (Å²) in [7, 11) is 0. The van der Waals surface area contributed by atoms with Crippen LogP contribution in [0.15, 0.2) is 144 Å². The largest absolute Gasteiger partial charge is 0.478 e. The Morgan fingerprint density at radius 3 is 1.81 bits per heavy atom. The van der Waals surface area contributed by atoms with Crippen LogP contribution in [0.25, 0.3) is 17.2 Å². The number of thioether (sulfide) groups is 1. The average Bonchev–Trinajstić information content (AvgIpc) is 3.10. The molecule has 47 heavy (non-hydrogen) atoms. The molecule has 4 N–H and O–H groups in total. The Labute approximate surface area is 276 Å². The van der Waals surface area contributed by atoms with E-state index in [1.165, 1.54) is 23.9 Å². The van der Waals surface area contributed by atoms with Gasteiger partial charge in [-0.05, 0) is 90.4 Å². The molecule has 0 bridgehead atoms. The number of hydrogen-bond acceptors (Lipinski definition) is 5. The molecule has 5 aromatic rings. The second-order valence-electron chi connectivity index (χ2n) is 10.5. The number of hydrogen-bond donors (Lipinski definition) is 4. The van der Waals surface area contributed by atoms with E-state index in [4.69, 9.17) is 5.11 Å². The molecule has 0 aliphatic rings. The molecule has 0 saturated carbocycles. The van der Waals surface area contributed by atoms with Crippen molar-refractivity contribution in [3.8, 4) is 11.1 Å². The van der Waals surface area contributed by atoms with Gasteiger partial charge >= 0.3 is 5.97 Å². The van der Waals surface area contributed by atoms with Crippen LogP contribution in [0.4, 0.5) is 11.4 Å². The summed E-state index contributed by atoms with van der Waals surface area (Å²) in [5, 5.41) is 17.0. The number of anilines is 2. The van der Waals surface area contributed by atoms with Gasteiger partial charge in [-0.1, -0.05) is 72.8 Å². The van der Waals surface area contributed by atoms with Gasteiger partial charge in [0.1, 0.15) is 5.70 Å². The van der Waals surface area contributed by atoms with Gasteiger partial charge in [-0.25, -0.2) is 4.79 Å². The van der Waals surface area contributed by atoms with Gasteiger partial charge in [0, 0.05) is 21.8 Å². The van der Waals surface area contributed by atoms with Gasteiger partial charge in [-0.3, -0.25) is 14.4 Å². The smallest absolute Gasteiger partial charge is 0.335 e. The topological polar surface area (TPSA) is 125 Å². The predicted molar refractivity (Wildman–Crippen MR) is 186 cm³/mol. The number of carbonyl (C=O) groups excluding carboxylic acids is 3. The molecule has 0 heterocycles. The van der Waals surface area contributed by atoms with Crippen molar-refractivity contribution < 1.29 is 24.3 Å². The first-order chi connectivity index (χ1) is 22.7. The van der Waals surface area contributed by atoms with Gasteiger partial charge in [-0.15, -0.1) is 11.8 Å². The molecule has 5 rings (SSSR count). The number of carbonyl (C=O) groups is 4. The highest BCUT2D eigenvalue weighted by Gasteiger charge is 2.17. The molecule has 0 fully saturated rings. The lowest BCUT2D eigenvalue weighted by atomic mass is 10.0. The molecule has 1 unspecified atom stereocenters. The van der Waals surface area contributed by atoms with E-state index in [2.05, 4.69) is 16.0 Å². The van der Waals surface area contributed by atoms with Gasteiger partial charge in [0.25, 0.3) is 11.8 Å². The quantitative estimate of drug-likeness (QED) is 0.0871. The van der Waals surface area contributed by atoms with E-state index in [0.717, 1.165) is 21.6 Å². The van der Waals surface area contributed by atoms with Crippen molar-refractivity contribution >= 4 is 52.9 Å². The Balaban J connectivity index is 1.26. The maximum atomic E-state index is 13.5. The zero-order valence-corrected chi connectivity index (χ0v) is 26.2. The second kappa shape index (κ2) is 15.4. The summed E-state index contributed by atoms with van der Waals surface area (Å²) in [6.07, 6.45) is 1.63. The van der Waals surface area contributed by atoms with Gasteiger partial charge in [0.05, 0.1) is 10.8 Å². The highest BCUT2D eigenvalue weighted by molar-refractivity contribution is 8.00. The monoisotopic (exact) mass is 641 g/mol. The van der Waals surface area contributed by atoms with E-state index in [0.29, 0.717) is 16.9 Å². The van der Waals surface area contributed by atoms with Crippen LogP contribution in [-0.2, 0) is 9.59 Å². The summed E-state index contributed by atoms with van der Waals surface area (Å²) in [5.74, 6) is -2.19. The summed E-state index contributed by atoms with van der Waals surface area (Å²) in [4.78, 5) is 51.0. The van der Waals surface area contributed by atoms with E-state index in [1.807, 2.05) is 60.7 Å². The molecule has 0 saturated heterocycles. The molecule has 5 aromatic carbocycles. The number of amides is 3. The van der Waals surface area contributed by atoms with Crippen molar-refractivity contribution in [2.45, 2.75) is 17.1 Å². The van der Waals surface area contributed by atoms with E-state index in [9.17, 15) is 19.2 Å². The lowest BCUT2D eigenvalue weighted by Crippen LogP contribution is -2.30. The van der Waals surface area contributed by atoms with Crippen molar-refractivity contribution in [2.24, 2.45) is 0 Å². The Bertz CT molecular complexity index is 1890. The maximum absolute atomic E-state index is 13.5. The summed E-state index contributed by atoms with van der Waals surface area (Å²) in [6, 6.07) is 39.3. The second-order valence-corrected chi connectivity index (χ2v) is 11.9. The molecular formula is C38H31N3O5S. The molecule has 0 radical (unpaired) electrons. The first-order valence-electron chi connectivity index (χ1n) is 14.7. The van der Waals surface area contributed by atoms with Crippen LogP contribution < -0.4 is 16.0 Å². The maximum Gasteiger partial charge on any atom is 0.335 e. The zero-order valence-electron chi connectivity index (χ0n) is 25.3. The Kier molecular flexibility index (Phi) is 10.6. The molecule has 0 aromatic heterocycles. The predicted octanol–water partition coefficient (Wildman–Crippen LogP) is 7.58. The fraction of sp³-hybridized carbons (Fsp3) is 0.0526.